The summed E-state index contributed by atoms with van der Waals surface area (Å²) in [6, 6.07) is 0.442. The van der Waals surface area contributed by atoms with Crippen LogP contribution in [-0.2, 0) is 13.1 Å². The number of nitrogens with zero attached hydrogens (tertiary/aromatic N) is 4. The van der Waals surface area contributed by atoms with Crippen LogP contribution in [0.25, 0.3) is 0 Å². The van der Waals surface area contributed by atoms with Crippen molar-refractivity contribution in [3.05, 3.63) is 28.9 Å². The minimum Gasteiger partial charge on any atom is -0.361 e. The van der Waals surface area contributed by atoms with Crippen molar-refractivity contribution in [1.82, 2.24) is 25.5 Å². The van der Waals surface area contributed by atoms with Gasteiger partial charge in [0.05, 0.1) is 24.1 Å². The Kier molecular flexibility index (Phi) is 3.76. The lowest BCUT2D eigenvalue weighted by molar-refractivity contribution is 0.391. The van der Waals surface area contributed by atoms with Gasteiger partial charge in [0.15, 0.2) is 0 Å². The number of hydrogen-bond acceptors (Lipinski definition) is 5. The van der Waals surface area contributed by atoms with Gasteiger partial charge in [-0.1, -0.05) is 24.2 Å². The smallest absolute Gasteiger partial charge is 0.138 e. The van der Waals surface area contributed by atoms with Crippen molar-refractivity contribution in [3.8, 4) is 0 Å². The summed E-state index contributed by atoms with van der Waals surface area (Å²) in [7, 11) is 0. The first-order valence-corrected chi connectivity index (χ1v) is 6.10. The summed E-state index contributed by atoms with van der Waals surface area (Å²) in [6.45, 7) is 9.44. The Balaban J connectivity index is 2.02. The van der Waals surface area contributed by atoms with Gasteiger partial charge in [-0.3, -0.25) is 0 Å². The molecule has 0 aliphatic heterocycles. The zero-order valence-corrected chi connectivity index (χ0v) is 11.3. The number of rotatable bonds is 5. The lowest BCUT2D eigenvalue weighted by atomic mass is 10.2. The van der Waals surface area contributed by atoms with Gasteiger partial charge in [0.2, 0.25) is 0 Å². The second-order valence-electron chi connectivity index (χ2n) is 4.75. The largest absolute Gasteiger partial charge is 0.361 e. The van der Waals surface area contributed by atoms with Crippen LogP contribution in [0.2, 0.25) is 0 Å². The molecule has 0 unspecified atom stereocenters. The summed E-state index contributed by atoms with van der Waals surface area (Å²) in [6.07, 6.45) is 1.95. The monoisotopic (exact) mass is 249 g/mol. The highest BCUT2D eigenvalue weighted by molar-refractivity contribution is 5.20. The maximum absolute atomic E-state index is 5.13. The molecule has 0 aromatic carbocycles. The molecule has 18 heavy (non-hydrogen) atoms. The van der Waals surface area contributed by atoms with Crippen LogP contribution in [-0.4, -0.2) is 26.2 Å². The van der Waals surface area contributed by atoms with Crippen LogP contribution in [0, 0.1) is 13.8 Å². The van der Waals surface area contributed by atoms with Gasteiger partial charge in [-0.25, -0.2) is 4.68 Å². The summed E-state index contributed by atoms with van der Waals surface area (Å²) in [5, 5.41) is 15.5. The minimum atomic E-state index is 0.442. The number of aromatic nitrogens is 4. The Morgan fingerprint density at radius 3 is 2.78 bits per heavy atom. The van der Waals surface area contributed by atoms with E-state index in [-0.39, 0.29) is 0 Å². The van der Waals surface area contributed by atoms with E-state index in [4.69, 9.17) is 4.52 Å². The fourth-order valence-corrected chi connectivity index (χ4v) is 1.70. The topological polar surface area (TPSA) is 68.8 Å². The van der Waals surface area contributed by atoms with Crippen molar-refractivity contribution in [1.29, 1.82) is 0 Å². The Morgan fingerprint density at radius 2 is 2.17 bits per heavy atom. The average molecular weight is 249 g/mol. The SMILES string of the molecule is Cc1noc(C)c1Cn1cc(CNC(C)C)nn1. The van der Waals surface area contributed by atoms with E-state index < -0.39 is 0 Å². The van der Waals surface area contributed by atoms with E-state index in [1.54, 1.807) is 0 Å². The summed E-state index contributed by atoms with van der Waals surface area (Å²) in [5.74, 6) is 0.838. The van der Waals surface area contributed by atoms with Gasteiger partial charge in [-0.2, -0.15) is 0 Å². The van der Waals surface area contributed by atoms with Gasteiger partial charge in [0.1, 0.15) is 5.76 Å². The van der Waals surface area contributed by atoms with Gasteiger partial charge in [0.25, 0.3) is 0 Å². The summed E-state index contributed by atoms with van der Waals surface area (Å²) in [5.41, 5.74) is 2.92. The van der Waals surface area contributed by atoms with Crippen molar-refractivity contribution < 1.29 is 4.52 Å². The van der Waals surface area contributed by atoms with Crippen molar-refractivity contribution in [2.24, 2.45) is 0 Å². The van der Waals surface area contributed by atoms with Gasteiger partial charge in [-0.15, -0.1) is 5.10 Å². The molecule has 2 aromatic rings. The highest BCUT2D eigenvalue weighted by Crippen LogP contribution is 2.13. The summed E-state index contributed by atoms with van der Waals surface area (Å²) < 4.78 is 6.94. The molecule has 98 valence electrons. The highest BCUT2D eigenvalue weighted by atomic mass is 16.5. The molecule has 6 heteroatoms. The average Bonchev–Trinajstić information content (AvgIpc) is 2.88. The van der Waals surface area contributed by atoms with Crippen LogP contribution in [0.3, 0.4) is 0 Å². The maximum Gasteiger partial charge on any atom is 0.138 e. The predicted molar refractivity (Wildman–Crippen MR) is 67.1 cm³/mol. The molecule has 0 radical (unpaired) electrons. The van der Waals surface area contributed by atoms with E-state index in [0.29, 0.717) is 12.6 Å². The quantitative estimate of drug-likeness (QED) is 0.868. The first-order chi connectivity index (χ1) is 8.56. The van der Waals surface area contributed by atoms with E-state index in [1.807, 2.05) is 24.7 Å². The standard InChI is InChI=1S/C12H19N5O/c1-8(2)13-5-11-6-17(16-14-11)7-12-9(3)15-18-10(12)4/h6,8,13H,5,7H2,1-4H3. The van der Waals surface area contributed by atoms with Gasteiger partial charge in [-0.05, 0) is 13.8 Å². The molecule has 2 heterocycles. The third-order valence-corrected chi connectivity index (χ3v) is 2.78. The molecule has 2 rings (SSSR count). The zero-order valence-electron chi connectivity index (χ0n) is 11.3. The van der Waals surface area contributed by atoms with Crippen LogP contribution in [0.1, 0.15) is 36.6 Å². The third-order valence-electron chi connectivity index (χ3n) is 2.78. The Labute approximate surface area is 106 Å². The second-order valence-corrected chi connectivity index (χ2v) is 4.75. The van der Waals surface area contributed by atoms with Gasteiger partial charge >= 0.3 is 0 Å². The third kappa shape index (κ3) is 2.95. The zero-order chi connectivity index (χ0) is 13.1. The normalized spacial score (nSPS) is 11.4. The number of hydrogen-bond donors (Lipinski definition) is 1. The molecule has 0 aliphatic carbocycles. The van der Waals surface area contributed by atoms with Crippen LogP contribution < -0.4 is 5.32 Å². The lowest BCUT2D eigenvalue weighted by Crippen LogP contribution is -2.21. The van der Waals surface area contributed by atoms with Gasteiger partial charge in [0, 0.05) is 18.2 Å². The molecule has 0 saturated heterocycles. The van der Waals surface area contributed by atoms with E-state index in [0.717, 1.165) is 29.3 Å². The molecule has 2 aromatic heterocycles. The molecule has 0 spiro atoms. The predicted octanol–water partition coefficient (Wildman–Crippen LogP) is 1.43. The molecular formula is C12H19N5O. The lowest BCUT2D eigenvalue weighted by Gasteiger charge is -2.04. The van der Waals surface area contributed by atoms with Gasteiger partial charge < -0.3 is 9.84 Å². The summed E-state index contributed by atoms with van der Waals surface area (Å²) >= 11 is 0. The van der Waals surface area contributed by atoms with E-state index in [1.165, 1.54) is 0 Å². The first kappa shape index (κ1) is 12.8. The molecule has 6 nitrogen and oxygen atoms in total. The van der Waals surface area contributed by atoms with Crippen molar-refractivity contribution in [2.45, 2.75) is 46.8 Å². The Hall–Kier alpha value is -1.69. The van der Waals surface area contributed by atoms with Crippen LogP contribution in [0.4, 0.5) is 0 Å². The molecule has 0 amide bonds. The van der Waals surface area contributed by atoms with E-state index in [9.17, 15) is 0 Å². The summed E-state index contributed by atoms with van der Waals surface area (Å²) in [4.78, 5) is 0. The van der Waals surface area contributed by atoms with Crippen LogP contribution in [0.5, 0.6) is 0 Å². The number of nitrogens with one attached hydrogen (secondary N) is 1. The molecule has 0 fully saturated rings. The molecule has 0 atom stereocenters. The second kappa shape index (κ2) is 5.30. The van der Waals surface area contributed by atoms with Crippen molar-refractivity contribution in [3.63, 3.8) is 0 Å². The van der Waals surface area contributed by atoms with Crippen LogP contribution in [0.15, 0.2) is 10.7 Å². The fraction of sp³-hybridized carbons (Fsp3) is 0.583. The molecule has 0 saturated carbocycles. The first-order valence-electron chi connectivity index (χ1n) is 6.10. The van der Waals surface area contributed by atoms with E-state index >= 15 is 0 Å². The molecular weight excluding hydrogens is 230 g/mol. The molecule has 1 N–H and O–H groups in total. The van der Waals surface area contributed by atoms with Crippen LogP contribution >= 0.6 is 0 Å². The number of aryl methyl sites for hydroxylation is 2. The minimum absolute atomic E-state index is 0.442. The highest BCUT2D eigenvalue weighted by Gasteiger charge is 2.10. The van der Waals surface area contributed by atoms with E-state index in [2.05, 4.69) is 34.6 Å². The fourth-order valence-electron chi connectivity index (χ4n) is 1.70. The Morgan fingerprint density at radius 1 is 1.39 bits per heavy atom. The maximum atomic E-state index is 5.13. The Bertz CT molecular complexity index is 495. The molecule has 0 bridgehead atoms. The van der Waals surface area contributed by atoms with Crippen molar-refractivity contribution >= 4 is 0 Å². The molecule has 0 aliphatic rings. The van der Waals surface area contributed by atoms with Crippen molar-refractivity contribution in [2.75, 3.05) is 0 Å².